The quantitative estimate of drug-likeness (QED) is 0.0140. The van der Waals surface area contributed by atoms with Gasteiger partial charge in [0.1, 0.15) is 36.7 Å². The molecule has 1 aromatic rings. The summed E-state index contributed by atoms with van der Waals surface area (Å²) >= 11 is 11.6. The lowest BCUT2D eigenvalue weighted by atomic mass is 10.00. The number of carboxylic acids is 2. The highest BCUT2D eigenvalue weighted by Gasteiger charge is 2.41. The molecule has 4 aliphatic rings. The average Bonchev–Trinajstić information content (AvgIpc) is 3.26. The summed E-state index contributed by atoms with van der Waals surface area (Å²) < 4.78 is 104. The number of sulfone groups is 1. The van der Waals surface area contributed by atoms with Gasteiger partial charge < -0.3 is 40.6 Å². The van der Waals surface area contributed by atoms with Crippen molar-refractivity contribution in [3.05, 3.63) is 50.3 Å². The first-order valence-corrected chi connectivity index (χ1v) is 24.3. The highest BCUT2D eigenvalue weighted by molar-refractivity contribution is 7.91. The maximum Gasteiger partial charge on any atom is 0.397 e. The standard InChI is InChI=1S/C34H38Cl2N6O20S4/c35-25-28-32(60-30-18(42-28)2-4-20(38-10-12-40-22(44)6-8-24(47)48)34(30)65(51,52)16-15-56-63-62-61-49)26(36)27-31(25)59-29-17(41-27)1-3-19(37-9-11-39-21(43)5-7-23(45)46)33(29)64(50)57-13-14-58-66(53,54)55/h1-4,17,29,37,41,49H,5-16H2,(H,39,43)(H,40,44)(H,45,46)(H,47,48)(H,53,54,55). The zero-order valence-corrected chi connectivity index (χ0v) is 38.3. The molecule has 2 amide bonds. The Bertz CT molecular complexity index is 2680. The fourth-order valence-electron chi connectivity index (χ4n) is 6.03. The van der Waals surface area contributed by atoms with E-state index in [0.29, 0.717) is 0 Å². The van der Waals surface area contributed by atoms with Crippen LogP contribution in [-0.2, 0) is 72.4 Å². The van der Waals surface area contributed by atoms with Crippen LogP contribution in [-0.4, -0.2) is 134 Å². The number of aliphatic carboxylic acids is 2. The van der Waals surface area contributed by atoms with Crippen molar-refractivity contribution in [2.24, 2.45) is 4.99 Å². The van der Waals surface area contributed by atoms with Crippen LogP contribution in [0.2, 0.25) is 10.0 Å². The van der Waals surface area contributed by atoms with Crippen LogP contribution in [0.1, 0.15) is 25.7 Å². The van der Waals surface area contributed by atoms with Crippen molar-refractivity contribution in [2.75, 3.05) is 57.1 Å². The van der Waals surface area contributed by atoms with E-state index in [0.717, 1.165) is 0 Å². The third-order valence-corrected chi connectivity index (χ3v) is 13.3. The van der Waals surface area contributed by atoms with Crippen LogP contribution in [0, 0.1) is 0 Å². The molecule has 66 heavy (non-hydrogen) atoms. The van der Waals surface area contributed by atoms with Gasteiger partial charge in [0.15, 0.2) is 56.4 Å². The zero-order chi connectivity index (χ0) is 48.2. The van der Waals surface area contributed by atoms with Crippen molar-refractivity contribution in [3.63, 3.8) is 0 Å². The first-order valence-electron chi connectivity index (χ1n) is 18.8. The molecule has 0 spiro atoms. The number of allylic oxidation sites excluding steroid dienone is 1. The van der Waals surface area contributed by atoms with Gasteiger partial charge in [0.25, 0.3) is 0 Å². The van der Waals surface area contributed by atoms with E-state index in [4.69, 9.17) is 60.7 Å². The Morgan fingerprint density at radius 2 is 1.65 bits per heavy atom. The number of amides is 2. The van der Waals surface area contributed by atoms with Crippen molar-refractivity contribution >= 4 is 107 Å². The van der Waals surface area contributed by atoms with Crippen LogP contribution in [0.5, 0.6) is 5.75 Å². The van der Waals surface area contributed by atoms with E-state index in [2.05, 4.69) is 44.8 Å². The molecule has 0 aromatic heterocycles. The topological polar surface area (TPSA) is 376 Å². The highest BCUT2D eigenvalue weighted by atomic mass is 35.5. The van der Waals surface area contributed by atoms with E-state index in [-0.39, 0.29) is 118 Å². The summed E-state index contributed by atoms with van der Waals surface area (Å²) in [4.78, 5) is 54.1. The van der Waals surface area contributed by atoms with Crippen molar-refractivity contribution in [3.8, 4) is 17.2 Å². The molecule has 0 radical (unpaired) electrons. The molecular weight excluding hydrogens is 1010 g/mol. The second-order valence-corrected chi connectivity index (χ2v) is 18.8. The number of nitrogens with one attached hydrogen (secondary N) is 4. The molecule has 3 unspecified atom stereocenters. The number of aromatic nitrogens is 1. The number of benzene rings is 2. The number of hydrogen-bond acceptors (Lipinski definition) is 22. The fraction of sp³-hybridized carbons (Fsp3) is 0.412. The average molecular weight is 1050 g/mol. The molecule has 0 saturated heterocycles. The predicted molar refractivity (Wildman–Crippen MR) is 229 cm³/mol. The lowest BCUT2D eigenvalue weighted by molar-refractivity contribution is -0.434. The summed E-state index contributed by atoms with van der Waals surface area (Å²) in [5.74, 6) is -4.58. The fourth-order valence-corrected chi connectivity index (χ4v) is 9.60. The minimum atomic E-state index is -4.85. The number of rotatable bonds is 26. The summed E-state index contributed by atoms with van der Waals surface area (Å²) in [5, 5.41) is 40.1. The molecule has 1 aromatic carbocycles. The van der Waals surface area contributed by atoms with Gasteiger partial charge >= 0.3 is 22.3 Å². The summed E-state index contributed by atoms with van der Waals surface area (Å²) in [6, 6.07) is 1.78. The van der Waals surface area contributed by atoms with Gasteiger partial charge in [-0.25, -0.2) is 27.1 Å². The van der Waals surface area contributed by atoms with Crippen LogP contribution in [0.25, 0.3) is 22.6 Å². The van der Waals surface area contributed by atoms with Crippen LogP contribution >= 0.6 is 35.5 Å². The van der Waals surface area contributed by atoms with Gasteiger partial charge in [0.05, 0.1) is 62.1 Å². The van der Waals surface area contributed by atoms with E-state index < -0.39 is 104 Å². The van der Waals surface area contributed by atoms with Gasteiger partial charge in [-0.1, -0.05) is 34.3 Å². The molecular formula is C34H38Cl2N6O20S4. The molecule has 5 rings (SSSR count). The second-order valence-electron chi connectivity index (χ2n) is 13.3. The largest absolute Gasteiger partial charge is 0.481 e. The summed E-state index contributed by atoms with van der Waals surface area (Å²) in [7, 11) is -9.25. The zero-order valence-electron chi connectivity index (χ0n) is 33.6. The molecule has 8 N–H and O–H groups in total. The van der Waals surface area contributed by atoms with Crippen LogP contribution in [0.3, 0.4) is 0 Å². The van der Waals surface area contributed by atoms with Gasteiger partial charge in [-0.3, -0.25) is 37.1 Å². The van der Waals surface area contributed by atoms with Crippen molar-refractivity contribution < 1.29 is 91.3 Å². The van der Waals surface area contributed by atoms with Crippen LogP contribution < -0.4 is 31.4 Å². The summed E-state index contributed by atoms with van der Waals surface area (Å²) in [6.07, 6.45) is 0.521. The first-order chi connectivity index (χ1) is 31.3. The van der Waals surface area contributed by atoms with Crippen molar-refractivity contribution in [1.29, 1.82) is 0 Å². The number of halogens is 2. The molecule has 0 fully saturated rings. The summed E-state index contributed by atoms with van der Waals surface area (Å²) in [6.45, 7) is -2.05. The Kier molecular flexibility index (Phi) is 18.9. The second kappa shape index (κ2) is 23.8. The van der Waals surface area contributed by atoms with E-state index in [1.807, 2.05) is 0 Å². The molecule has 2 aliphatic heterocycles. The number of fused-ring (bicyclic) bond motifs is 4. The lowest BCUT2D eigenvalue weighted by Crippen LogP contribution is -2.46. The van der Waals surface area contributed by atoms with Gasteiger partial charge in [-0.05, 0) is 18.2 Å². The molecule has 2 heterocycles. The third-order valence-electron chi connectivity index (χ3n) is 8.80. The van der Waals surface area contributed by atoms with Gasteiger partial charge in [0.2, 0.25) is 11.8 Å². The molecule has 32 heteroatoms. The number of hydrogen-bond donors (Lipinski definition) is 8. The molecule has 362 valence electrons. The third kappa shape index (κ3) is 14.2. The van der Waals surface area contributed by atoms with Crippen molar-refractivity contribution in [2.45, 2.75) is 42.7 Å². The lowest BCUT2D eigenvalue weighted by Gasteiger charge is -2.38. The highest BCUT2D eigenvalue weighted by Crippen LogP contribution is 2.50. The number of ether oxygens (including phenoxy) is 1. The van der Waals surface area contributed by atoms with Gasteiger partial charge in [-0.15, -0.1) is 4.33 Å². The minimum absolute atomic E-state index is 0.000214. The number of carbonyl (C=O) groups is 4. The van der Waals surface area contributed by atoms with Crippen LogP contribution in [0.15, 0.2) is 49.2 Å². The maximum atomic E-state index is 14.0. The molecule has 0 bridgehead atoms. The number of nitrogens with zero attached hydrogens (tertiary/aromatic N) is 2. The molecule has 2 aliphatic carbocycles. The molecule has 26 nitrogen and oxygen atoms in total. The molecule has 0 saturated carbocycles. The van der Waals surface area contributed by atoms with E-state index in [1.165, 1.54) is 18.2 Å². The number of carbonyl (C=O) groups excluding carboxylic acids is 2. The van der Waals surface area contributed by atoms with Gasteiger partial charge in [0, 0.05) is 32.5 Å². The summed E-state index contributed by atoms with van der Waals surface area (Å²) in [5.41, 5.74) is -0.223. The molecule has 3 atom stereocenters. The normalized spacial score (nSPS) is 16.6. The van der Waals surface area contributed by atoms with Gasteiger partial charge in [-0.2, -0.15) is 8.42 Å². The van der Waals surface area contributed by atoms with E-state index >= 15 is 0 Å². The smallest absolute Gasteiger partial charge is 0.397 e. The Morgan fingerprint density at radius 1 is 0.955 bits per heavy atom. The SMILES string of the molecule is O=C(O)CCC(=O)NCCN=c1ccc2nc3c(Cl)c4c(c(Cl)c3oc-2c1S(=O)(=O)CCOSOOO)NC1C=CC(NCCNC(=O)CCC(=O)O)=C(S(=O)OCCOS(=O)(=O)O)C1O4. The predicted octanol–water partition coefficient (Wildman–Crippen LogP) is 1.29. The van der Waals surface area contributed by atoms with E-state index in [1.54, 1.807) is 6.08 Å². The van der Waals surface area contributed by atoms with Crippen molar-refractivity contribution in [1.82, 2.24) is 20.9 Å². The minimum Gasteiger partial charge on any atom is -0.481 e. The Hall–Kier alpha value is -4.70. The van der Waals surface area contributed by atoms with Crippen LogP contribution in [0.4, 0.5) is 5.69 Å². The first kappa shape index (κ1) is 52.3. The Labute approximate surface area is 390 Å². The Balaban J connectivity index is 1.52. The maximum absolute atomic E-state index is 14.0. The monoisotopic (exact) mass is 1050 g/mol. The Morgan fingerprint density at radius 3 is 2.32 bits per heavy atom. The van der Waals surface area contributed by atoms with E-state index in [9.17, 15) is 40.2 Å². The number of carboxylic acid groups (broad SMARTS) is 2. The number of anilines is 1.